The van der Waals surface area contributed by atoms with Crippen LogP contribution in [0.1, 0.15) is 27.7 Å². The summed E-state index contributed by atoms with van der Waals surface area (Å²) in [5.74, 6) is 0.237. The Bertz CT molecular complexity index is 458. The van der Waals surface area contributed by atoms with Gasteiger partial charge in [-0.05, 0) is 24.0 Å². The van der Waals surface area contributed by atoms with Gasteiger partial charge in [-0.2, -0.15) is 0 Å². The molecule has 0 saturated heterocycles. The summed E-state index contributed by atoms with van der Waals surface area (Å²) in [6, 6.07) is 8.22. The molecule has 0 bridgehead atoms. The highest BCUT2D eigenvalue weighted by Crippen LogP contribution is 2.06. The van der Waals surface area contributed by atoms with Crippen molar-refractivity contribution in [2.24, 2.45) is 11.8 Å². The number of rotatable bonds is 6. The summed E-state index contributed by atoms with van der Waals surface area (Å²) in [5, 5.41) is 8.29. The third kappa shape index (κ3) is 6.29. The van der Waals surface area contributed by atoms with Gasteiger partial charge in [0.1, 0.15) is 6.04 Å². The van der Waals surface area contributed by atoms with Crippen molar-refractivity contribution in [3.8, 4) is 0 Å². The molecule has 1 aromatic rings. The Morgan fingerprint density at radius 2 is 1.67 bits per heavy atom. The SMILES string of the molecule is CC(C)CNC(=O)C(NC(=O)Nc1ccccc1)C(C)C. The molecule has 116 valence electrons. The van der Waals surface area contributed by atoms with Gasteiger partial charge < -0.3 is 16.0 Å². The Morgan fingerprint density at radius 3 is 2.19 bits per heavy atom. The minimum absolute atomic E-state index is 0.0127. The standard InChI is InChI=1S/C16H25N3O2/c1-11(2)10-17-15(20)14(12(3)4)19-16(21)18-13-8-6-5-7-9-13/h5-9,11-12,14H,10H2,1-4H3,(H,17,20)(H2,18,19,21). The van der Waals surface area contributed by atoms with Crippen LogP contribution in [0.4, 0.5) is 10.5 Å². The van der Waals surface area contributed by atoms with Gasteiger partial charge in [-0.15, -0.1) is 0 Å². The summed E-state index contributed by atoms with van der Waals surface area (Å²) in [6.07, 6.45) is 0. The predicted molar refractivity (Wildman–Crippen MR) is 85.1 cm³/mol. The first-order valence-corrected chi connectivity index (χ1v) is 7.30. The largest absolute Gasteiger partial charge is 0.354 e. The maximum absolute atomic E-state index is 12.1. The van der Waals surface area contributed by atoms with E-state index in [9.17, 15) is 9.59 Å². The number of benzene rings is 1. The number of anilines is 1. The molecule has 0 saturated carbocycles. The lowest BCUT2D eigenvalue weighted by Crippen LogP contribution is -2.51. The number of urea groups is 1. The number of nitrogens with one attached hydrogen (secondary N) is 3. The van der Waals surface area contributed by atoms with E-state index in [0.717, 1.165) is 0 Å². The number of para-hydroxylation sites is 1. The van der Waals surface area contributed by atoms with Crippen molar-refractivity contribution in [3.05, 3.63) is 30.3 Å². The van der Waals surface area contributed by atoms with Crippen LogP contribution in [0.25, 0.3) is 0 Å². The molecule has 0 aromatic heterocycles. The van der Waals surface area contributed by atoms with Gasteiger partial charge in [0.05, 0.1) is 0 Å². The van der Waals surface area contributed by atoms with Gasteiger partial charge in [0.25, 0.3) is 0 Å². The van der Waals surface area contributed by atoms with Gasteiger partial charge in [0.15, 0.2) is 0 Å². The topological polar surface area (TPSA) is 70.2 Å². The maximum Gasteiger partial charge on any atom is 0.319 e. The third-order valence-corrected chi connectivity index (χ3v) is 2.95. The molecule has 1 rings (SSSR count). The molecular formula is C16H25N3O2. The summed E-state index contributed by atoms with van der Waals surface area (Å²) in [4.78, 5) is 24.1. The van der Waals surface area contributed by atoms with Crippen LogP contribution in [0.2, 0.25) is 0 Å². The molecule has 1 aromatic carbocycles. The summed E-state index contributed by atoms with van der Waals surface area (Å²) >= 11 is 0. The smallest absolute Gasteiger partial charge is 0.319 e. The Balaban J connectivity index is 2.57. The molecule has 0 aliphatic heterocycles. The van der Waals surface area contributed by atoms with E-state index in [0.29, 0.717) is 18.2 Å². The average Bonchev–Trinajstić information content (AvgIpc) is 2.43. The lowest BCUT2D eigenvalue weighted by atomic mass is 10.0. The lowest BCUT2D eigenvalue weighted by molar-refractivity contribution is -0.124. The van der Waals surface area contributed by atoms with Crippen LogP contribution in [-0.2, 0) is 4.79 Å². The quantitative estimate of drug-likeness (QED) is 0.754. The molecular weight excluding hydrogens is 266 g/mol. The van der Waals surface area contributed by atoms with Crippen LogP contribution in [-0.4, -0.2) is 24.5 Å². The second-order valence-corrected chi connectivity index (χ2v) is 5.83. The molecule has 21 heavy (non-hydrogen) atoms. The molecule has 1 atom stereocenters. The molecule has 5 heteroatoms. The van der Waals surface area contributed by atoms with Crippen molar-refractivity contribution < 1.29 is 9.59 Å². The molecule has 0 aliphatic carbocycles. The van der Waals surface area contributed by atoms with E-state index in [4.69, 9.17) is 0 Å². The van der Waals surface area contributed by atoms with Crippen LogP contribution in [0.3, 0.4) is 0 Å². The maximum atomic E-state index is 12.1. The summed E-state index contributed by atoms with van der Waals surface area (Å²) in [5.41, 5.74) is 0.695. The minimum atomic E-state index is -0.549. The van der Waals surface area contributed by atoms with E-state index in [-0.39, 0.29) is 17.9 Å². The number of hydrogen-bond acceptors (Lipinski definition) is 2. The Hall–Kier alpha value is -2.04. The fourth-order valence-corrected chi connectivity index (χ4v) is 1.78. The molecule has 1 unspecified atom stereocenters. The molecule has 0 aliphatic rings. The highest BCUT2D eigenvalue weighted by molar-refractivity contribution is 5.93. The van der Waals surface area contributed by atoms with Crippen molar-refractivity contribution in [2.45, 2.75) is 33.7 Å². The van der Waals surface area contributed by atoms with Crippen LogP contribution in [0, 0.1) is 11.8 Å². The lowest BCUT2D eigenvalue weighted by Gasteiger charge is -2.22. The van der Waals surface area contributed by atoms with E-state index < -0.39 is 6.04 Å². The normalized spacial score (nSPS) is 12.1. The van der Waals surface area contributed by atoms with Crippen molar-refractivity contribution >= 4 is 17.6 Å². The first-order valence-electron chi connectivity index (χ1n) is 7.30. The van der Waals surface area contributed by atoms with E-state index in [1.165, 1.54) is 0 Å². The fourth-order valence-electron chi connectivity index (χ4n) is 1.78. The van der Waals surface area contributed by atoms with Crippen molar-refractivity contribution in [1.29, 1.82) is 0 Å². The monoisotopic (exact) mass is 291 g/mol. The van der Waals surface area contributed by atoms with Crippen molar-refractivity contribution in [2.75, 3.05) is 11.9 Å². The second kappa shape index (κ2) is 8.29. The van der Waals surface area contributed by atoms with Gasteiger partial charge in [0, 0.05) is 12.2 Å². The van der Waals surface area contributed by atoms with Crippen LogP contribution < -0.4 is 16.0 Å². The molecule has 5 nitrogen and oxygen atoms in total. The Morgan fingerprint density at radius 1 is 1.05 bits per heavy atom. The van der Waals surface area contributed by atoms with Crippen molar-refractivity contribution in [3.63, 3.8) is 0 Å². The van der Waals surface area contributed by atoms with Gasteiger partial charge in [-0.1, -0.05) is 45.9 Å². The van der Waals surface area contributed by atoms with Gasteiger partial charge >= 0.3 is 6.03 Å². The second-order valence-electron chi connectivity index (χ2n) is 5.83. The number of carbonyl (C=O) groups excluding carboxylic acids is 2. The van der Waals surface area contributed by atoms with E-state index in [1.54, 1.807) is 12.1 Å². The zero-order valence-electron chi connectivity index (χ0n) is 13.1. The molecule has 0 heterocycles. The molecule has 3 N–H and O–H groups in total. The van der Waals surface area contributed by atoms with E-state index >= 15 is 0 Å². The highest BCUT2D eigenvalue weighted by Gasteiger charge is 2.24. The Kier molecular flexibility index (Phi) is 6.72. The number of carbonyl (C=O) groups is 2. The zero-order valence-corrected chi connectivity index (χ0v) is 13.1. The van der Waals surface area contributed by atoms with E-state index in [2.05, 4.69) is 16.0 Å². The zero-order chi connectivity index (χ0) is 15.8. The first kappa shape index (κ1) is 17.0. The number of hydrogen-bond donors (Lipinski definition) is 3. The summed E-state index contributed by atoms with van der Waals surface area (Å²) in [6.45, 7) is 8.47. The minimum Gasteiger partial charge on any atom is -0.354 e. The average molecular weight is 291 g/mol. The van der Waals surface area contributed by atoms with Gasteiger partial charge in [-0.25, -0.2) is 4.79 Å². The third-order valence-electron chi connectivity index (χ3n) is 2.95. The predicted octanol–water partition coefficient (Wildman–Crippen LogP) is 2.60. The van der Waals surface area contributed by atoms with Crippen molar-refractivity contribution in [1.82, 2.24) is 10.6 Å². The highest BCUT2D eigenvalue weighted by atomic mass is 16.2. The summed E-state index contributed by atoms with van der Waals surface area (Å²) in [7, 11) is 0. The van der Waals surface area contributed by atoms with Crippen LogP contribution in [0.15, 0.2) is 30.3 Å². The fraction of sp³-hybridized carbons (Fsp3) is 0.500. The van der Waals surface area contributed by atoms with Gasteiger partial charge in [0.2, 0.25) is 5.91 Å². The summed E-state index contributed by atoms with van der Waals surface area (Å²) < 4.78 is 0. The molecule has 0 radical (unpaired) electrons. The van der Waals surface area contributed by atoms with Crippen LogP contribution >= 0.6 is 0 Å². The molecule has 0 spiro atoms. The first-order chi connectivity index (χ1) is 9.90. The Labute approximate surface area is 126 Å². The van der Waals surface area contributed by atoms with E-state index in [1.807, 2.05) is 45.9 Å². The number of amides is 3. The molecule has 3 amide bonds. The van der Waals surface area contributed by atoms with Gasteiger partial charge in [-0.3, -0.25) is 4.79 Å². The molecule has 0 fully saturated rings. The van der Waals surface area contributed by atoms with Crippen LogP contribution in [0.5, 0.6) is 0 Å².